The van der Waals surface area contributed by atoms with Gasteiger partial charge in [-0.3, -0.25) is 9.59 Å². The van der Waals surface area contributed by atoms with Crippen LogP contribution < -0.4 is 0 Å². The molecule has 4 heteroatoms. The highest BCUT2D eigenvalue weighted by Crippen LogP contribution is 2.10. The summed E-state index contributed by atoms with van der Waals surface area (Å²) in [6, 6.07) is 0. The molecule has 0 saturated carbocycles. The van der Waals surface area contributed by atoms with E-state index in [-0.39, 0.29) is 11.9 Å². The molecule has 0 N–H and O–H groups in total. The first kappa shape index (κ1) is 23.7. The Bertz CT molecular complexity index is 350. The van der Waals surface area contributed by atoms with Crippen LogP contribution in [0, 0.1) is 0 Å². The van der Waals surface area contributed by atoms with Crippen molar-refractivity contribution in [3.8, 4) is 0 Å². The number of ether oxygens (including phenoxy) is 2. The molecule has 146 valence electrons. The number of hydrogen-bond acceptors (Lipinski definition) is 4. The molecule has 0 aromatic rings. The molecule has 0 saturated heterocycles. The third-order valence-corrected chi connectivity index (χ3v) is 4.03. The van der Waals surface area contributed by atoms with Crippen LogP contribution in [-0.2, 0) is 19.1 Å². The summed E-state index contributed by atoms with van der Waals surface area (Å²) < 4.78 is 9.81. The van der Waals surface area contributed by atoms with Crippen LogP contribution in [0.3, 0.4) is 0 Å². The normalized spacial score (nSPS) is 11.0. The van der Waals surface area contributed by atoms with Crippen molar-refractivity contribution < 1.29 is 19.1 Å². The number of hydrogen-bond donors (Lipinski definition) is 0. The lowest BCUT2D eigenvalue weighted by atomic mass is 10.1. The maximum atomic E-state index is 11.2. The van der Waals surface area contributed by atoms with Crippen LogP contribution in [0.5, 0.6) is 0 Å². The molecule has 0 radical (unpaired) electrons. The molecule has 0 heterocycles. The number of esters is 2. The van der Waals surface area contributed by atoms with Crippen LogP contribution in [0.15, 0.2) is 12.2 Å². The van der Waals surface area contributed by atoms with Gasteiger partial charge in [0.05, 0.1) is 13.2 Å². The summed E-state index contributed by atoms with van der Waals surface area (Å²) >= 11 is 0. The van der Waals surface area contributed by atoms with Crippen LogP contribution in [0.1, 0.15) is 97.3 Å². The minimum absolute atomic E-state index is 0.0636. The summed E-state index contributed by atoms with van der Waals surface area (Å²) in [4.78, 5) is 22.3. The second-order valence-corrected chi connectivity index (χ2v) is 6.34. The smallest absolute Gasteiger partial charge is 0.305 e. The van der Waals surface area contributed by atoms with Crippen molar-refractivity contribution in [1.82, 2.24) is 0 Å². The molecule has 0 aliphatic carbocycles. The van der Waals surface area contributed by atoms with Crippen molar-refractivity contribution in [3.63, 3.8) is 0 Å². The molecule has 0 aromatic carbocycles. The largest absolute Gasteiger partial charge is 0.466 e. The van der Waals surface area contributed by atoms with Gasteiger partial charge in [0.1, 0.15) is 0 Å². The summed E-state index contributed by atoms with van der Waals surface area (Å²) in [5.74, 6) is -0.130. The molecule has 0 aliphatic heterocycles. The Kier molecular flexibility index (Phi) is 18.0. The Morgan fingerprint density at radius 1 is 0.600 bits per heavy atom. The lowest BCUT2D eigenvalue weighted by Gasteiger charge is -2.02. The minimum Gasteiger partial charge on any atom is -0.466 e. The van der Waals surface area contributed by atoms with E-state index in [0.29, 0.717) is 26.1 Å². The average Bonchev–Trinajstić information content (AvgIpc) is 2.58. The monoisotopic (exact) mass is 354 g/mol. The number of carbonyl (C=O) groups excluding carboxylic acids is 2. The average molecular weight is 355 g/mol. The third kappa shape index (κ3) is 18.9. The molecule has 25 heavy (non-hydrogen) atoms. The molecule has 4 nitrogen and oxygen atoms in total. The fourth-order valence-corrected chi connectivity index (χ4v) is 2.65. The van der Waals surface area contributed by atoms with E-state index in [2.05, 4.69) is 12.2 Å². The van der Waals surface area contributed by atoms with Gasteiger partial charge >= 0.3 is 11.9 Å². The zero-order chi connectivity index (χ0) is 18.6. The van der Waals surface area contributed by atoms with Crippen molar-refractivity contribution in [3.05, 3.63) is 12.2 Å². The Labute approximate surface area is 154 Å². The van der Waals surface area contributed by atoms with E-state index in [4.69, 9.17) is 9.47 Å². The highest BCUT2D eigenvalue weighted by Gasteiger charge is 2.01. The predicted octanol–water partition coefficient (Wildman–Crippen LogP) is 5.74. The van der Waals surface area contributed by atoms with Crippen LogP contribution >= 0.6 is 0 Å². The van der Waals surface area contributed by atoms with Crippen LogP contribution in [0.2, 0.25) is 0 Å². The quantitative estimate of drug-likeness (QED) is 0.190. The van der Waals surface area contributed by atoms with Gasteiger partial charge in [-0.2, -0.15) is 0 Å². The van der Waals surface area contributed by atoms with E-state index in [9.17, 15) is 9.59 Å². The van der Waals surface area contributed by atoms with Gasteiger partial charge in [0.15, 0.2) is 0 Å². The topological polar surface area (TPSA) is 52.6 Å². The van der Waals surface area contributed by atoms with Gasteiger partial charge in [-0.25, -0.2) is 0 Å². The summed E-state index contributed by atoms with van der Waals surface area (Å²) in [7, 11) is 0. The first-order chi connectivity index (χ1) is 12.2. The molecular weight excluding hydrogens is 316 g/mol. The maximum Gasteiger partial charge on any atom is 0.305 e. The number of allylic oxidation sites excluding steroid dienone is 2. The third-order valence-electron chi connectivity index (χ3n) is 4.03. The Morgan fingerprint density at radius 3 is 1.36 bits per heavy atom. The van der Waals surface area contributed by atoms with Crippen molar-refractivity contribution in [2.75, 3.05) is 13.2 Å². The summed E-state index contributed by atoms with van der Waals surface area (Å²) in [6.45, 7) is 4.66. The lowest BCUT2D eigenvalue weighted by molar-refractivity contribution is -0.144. The molecule has 0 aliphatic rings. The van der Waals surface area contributed by atoms with Gasteiger partial charge in [-0.05, 0) is 52.4 Å². The summed E-state index contributed by atoms with van der Waals surface area (Å²) in [5.41, 5.74) is 0. The van der Waals surface area contributed by atoms with Gasteiger partial charge < -0.3 is 9.47 Å². The number of unbranched alkanes of at least 4 members (excludes halogenated alkanes) is 9. The zero-order valence-corrected chi connectivity index (χ0v) is 16.4. The van der Waals surface area contributed by atoms with E-state index in [1.807, 2.05) is 13.8 Å². The van der Waals surface area contributed by atoms with Gasteiger partial charge in [0.25, 0.3) is 0 Å². The van der Waals surface area contributed by atoms with E-state index >= 15 is 0 Å². The van der Waals surface area contributed by atoms with Crippen molar-refractivity contribution in [2.45, 2.75) is 97.3 Å². The SMILES string of the molecule is CCOC(=O)CCCCCC/C=C\CCCCCCCC(=O)OCC. The van der Waals surface area contributed by atoms with E-state index < -0.39 is 0 Å². The van der Waals surface area contributed by atoms with E-state index in [1.165, 1.54) is 32.1 Å². The maximum absolute atomic E-state index is 11.2. The Morgan fingerprint density at radius 2 is 0.960 bits per heavy atom. The molecule has 0 bridgehead atoms. The van der Waals surface area contributed by atoms with Crippen molar-refractivity contribution >= 4 is 11.9 Å². The molecule has 0 spiro atoms. The van der Waals surface area contributed by atoms with Crippen molar-refractivity contribution in [1.29, 1.82) is 0 Å². The van der Waals surface area contributed by atoms with Crippen LogP contribution in [0.4, 0.5) is 0 Å². The summed E-state index contributed by atoms with van der Waals surface area (Å²) in [5, 5.41) is 0. The summed E-state index contributed by atoms with van der Waals surface area (Å²) in [6.07, 6.45) is 18.2. The fourth-order valence-electron chi connectivity index (χ4n) is 2.65. The highest BCUT2D eigenvalue weighted by molar-refractivity contribution is 5.69. The van der Waals surface area contributed by atoms with Crippen LogP contribution in [-0.4, -0.2) is 25.2 Å². The first-order valence-corrected chi connectivity index (χ1v) is 10.2. The molecule has 0 fully saturated rings. The first-order valence-electron chi connectivity index (χ1n) is 10.2. The second kappa shape index (κ2) is 19.0. The Balaban J connectivity index is 3.21. The number of rotatable bonds is 17. The molecule has 0 atom stereocenters. The fraction of sp³-hybridized carbons (Fsp3) is 0.810. The van der Waals surface area contributed by atoms with Crippen molar-refractivity contribution in [2.24, 2.45) is 0 Å². The highest BCUT2D eigenvalue weighted by atomic mass is 16.5. The molecule has 0 unspecified atom stereocenters. The molecule has 0 amide bonds. The minimum atomic E-state index is -0.0664. The lowest BCUT2D eigenvalue weighted by Crippen LogP contribution is -2.03. The standard InChI is InChI=1S/C21H38O4/c1-3-24-20(22)18-16-14-12-10-8-6-5-7-9-11-13-15-17-19-21(23)25-4-2/h5-6H,3-4,7-19H2,1-2H3/b6-5-. The van der Waals surface area contributed by atoms with Gasteiger partial charge in [0.2, 0.25) is 0 Å². The molecular formula is C21H38O4. The van der Waals surface area contributed by atoms with Gasteiger partial charge in [-0.1, -0.05) is 44.3 Å². The van der Waals surface area contributed by atoms with Gasteiger partial charge in [0, 0.05) is 12.8 Å². The second-order valence-electron chi connectivity index (χ2n) is 6.34. The Hall–Kier alpha value is -1.32. The zero-order valence-electron chi connectivity index (χ0n) is 16.4. The molecule has 0 aromatic heterocycles. The predicted molar refractivity (Wildman–Crippen MR) is 102 cm³/mol. The van der Waals surface area contributed by atoms with E-state index in [1.54, 1.807) is 0 Å². The van der Waals surface area contributed by atoms with Gasteiger partial charge in [-0.15, -0.1) is 0 Å². The van der Waals surface area contributed by atoms with E-state index in [0.717, 1.165) is 38.5 Å². The number of carbonyl (C=O) groups is 2. The molecule has 0 rings (SSSR count). The van der Waals surface area contributed by atoms with Crippen LogP contribution in [0.25, 0.3) is 0 Å².